The molecule has 6 atom stereocenters. The maximum absolute atomic E-state index is 13.8. The molecule has 3 saturated heterocycles. The predicted molar refractivity (Wildman–Crippen MR) is 145 cm³/mol. The summed E-state index contributed by atoms with van der Waals surface area (Å²) in [6.45, 7) is 0.204. The molecule has 0 radical (unpaired) electrons. The van der Waals surface area contributed by atoms with Gasteiger partial charge in [0.2, 0.25) is 17.7 Å². The number of β-amino-alcohol motifs (C(OH)–C–C–N with tert-alkyl or cyclic N) is 1. The van der Waals surface area contributed by atoms with E-state index < -0.39 is 22.6 Å². The third-order valence-electron chi connectivity index (χ3n) is 7.81. The number of carbonyl (C=O) groups is 3. The van der Waals surface area contributed by atoms with E-state index in [1.807, 2.05) is 54.6 Å². The molecule has 3 aliphatic rings. The van der Waals surface area contributed by atoms with Crippen LogP contribution >= 0.6 is 27.7 Å². The van der Waals surface area contributed by atoms with Crippen LogP contribution in [0.3, 0.4) is 0 Å². The van der Waals surface area contributed by atoms with E-state index in [1.54, 1.807) is 16.4 Å². The zero-order valence-corrected chi connectivity index (χ0v) is 22.8. The number of thioether (sulfide) groups is 1. The third-order valence-corrected chi connectivity index (χ3v) is 11.0. The molecule has 1 aromatic heterocycles. The number of alkyl halides is 1. The molecule has 0 saturated carbocycles. The molecule has 6 rings (SSSR count). The van der Waals surface area contributed by atoms with Crippen molar-refractivity contribution in [1.82, 2.24) is 30.5 Å². The summed E-state index contributed by atoms with van der Waals surface area (Å²) >= 11 is 5.31. The highest BCUT2D eigenvalue weighted by atomic mass is 79.9. The highest BCUT2D eigenvalue weighted by Crippen LogP contribution is 2.67. The fraction of sp³-hybridized carbons (Fsp3) is 0.423. The summed E-state index contributed by atoms with van der Waals surface area (Å²) in [5.74, 6) is -1.98. The van der Waals surface area contributed by atoms with Gasteiger partial charge in [0.1, 0.15) is 18.2 Å². The van der Waals surface area contributed by atoms with E-state index in [9.17, 15) is 19.5 Å². The maximum atomic E-state index is 13.8. The molecule has 3 N–H and O–H groups in total. The summed E-state index contributed by atoms with van der Waals surface area (Å²) in [7, 11) is 0. The Morgan fingerprint density at radius 1 is 1.11 bits per heavy atom. The van der Waals surface area contributed by atoms with Crippen molar-refractivity contribution in [2.24, 2.45) is 11.8 Å². The molecule has 38 heavy (non-hydrogen) atoms. The van der Waals surface area contributed by atoms with Crippen LogP contribution in [0.15, 0.2) is 54.6 Å². The molecule has 10 nitrogen and oxygen atoms in total. The number of fused-ring (bicyclic) bond motifs is 2. The van der Waals surface area contributed by atoms with E-state index >= 15 is 0 Å². The SMILES string of the molecule is O=C(NCn1nnc2ccccc21)C1N(CCO)C(=O)[C@@H]2[C@H](C(=O)NCc3ccccc3)[C@H]3SC12CC3Br. The van der Waals surface area contributed by atoms with Crippen molar-refractivity contribution in [3.8, 4) is 0 Å². The lowest BCUT2D eigenvalue weighted by Crippen LogP contribution is -2.55. The van der Waals surface area contributed by atoms with Gasteiger partial charge in [-0.2, -0.15) is 0 Å². The van der Waals surface area contributed by atoms with Crippen molar-refractivity contribution < 1.29 is 19.5 Å². The van der Waals surface area contributed by atoms with Crippen molar-refractivity contribution >= 4 is 56.4 Å². The first-order valence-electron chi connectivity index (χ1n) is 12.6. The van der Waals surface area contributed by atoms with Crippen LogP contribution in [0.25, 0.3) is 11.0 Å². The van der Waals surface area contributed by atoms with Crippen molar-refractivity contribution in [3.05, 3.63) is 60.2 Å². The number of hydrogen-bond acceptors (Lipinski definition) is 7. The molecule has 12 heteroatoms. The average molecular weight is 600 g/mol. The van der Waals surface area contributed by atoms with Crippen LogP contribution in [0.5, 0.6) is 0 Å². The van der Waals surface area contributed by atoms with Crippen molar-refractivity contribution in [3.63, 3.8) is 0 Å². The Morgan fingerprint density at radius 2 is 1.87 bits per heavy atom. The first-order chi connectivity index (χ1) is 18.4. The third kappa shape index (κ3) is 4.00. The number of nitrogens with zero attached hydrogens (tertiary/aromatic N) is 4. The van der Waals surface area contributed by atoms with Crippen LogP contribution in [0.4, 0.5) is 0 Å². The van der Waals surface area contributed by atoms with Crippen molar-refractivity contribution in [2.45, 2.75) is 40.5 Å². The van der Waals surface area contributed by atoms with Crippen LogP contribution in [0.1, 0.15) is 12.0 Å². The summed E-state index contributed by atoms with van der Waals surface area (Å²) in [6.07, 6.45) is 0.577. The second kappa shape index (κ2) is 9.97. The molecular weight excluding hydrogens is 572 g/mol. The summed E-state index contributed by atoms with van der Waals surface area (Å²) in [5, 5.41) is 23.9. The summed E-state index contributed by atoms with van der Waals surface area (Å²) in [6, 6.07) is 16.3. The number of carbonyl (C=O) groups excluding carboxylic acids is 3. The van der Waals surface area contributed by atoms with Crippen LogP contribution < -0.4 is 10.6 Å². The maximum Gasteiger partial charge on any atom is 0.245 e. The Hall–Kier alpha value is -2.96. The van der Waals surface area contributed by atoms with E-state index in [0.717, 1.165) is 16.6 Å². The van der Waals surface area contributed by atoms with Gasteiger partial charge in [-0.3, -0.25) is 14.4 Å². The highest BCUT2D eigenvalue weighted by molar-refractivity contribution is 9.09. The minimum absolute atomic E-state index is 0.0207. The summed E-state index contributed by atoms with van der Waals surface area (Å²) in [5.41, 5.74) is 2.47. The second-order valence-electron chi connectivity index (χ2n) is 9.90. The first-order valence-corrected chi connectivity index (χ1v) is 14.3. The van der Waals surface area contributed by atoms with Gasteiger partial charge in [0, 0.05) is 23.2 Å². The second-order valence-corrected chi connectivity index (χ2v) is 12.6. The number of aromatic nitrogens is 3. The molecular formula is C26H27BrN6O4S. The van der Waals surface area contributed by atoms with Crippen molar-refractivity contribution in [2.75, 3.05) is 13.2 Å². The molecule has 0 aliphatic carbocycles. The number of halogens is 1. The Balaban J connectivity index is 1.25. The quantitative estimate of drug-likeness (QED) is 0.333. The minimum Gasteiger partial charge on any atom is -0.395 e. The van der Waals surface area contributed by atoms with Gasteiger partial charge >= 0.3 is 0 Å². The van der Waals surface area contributed by atoms with E-state index in [0.29, 0.717) is 13.0 Å². The zero-order valence-electron chi connectivity index (χ0n) is 20.4. The molecule has 2 bridgehead atoms. The smallest absolute Gasteiger partial charge is 0.245 e. The number of likely N-dealkylation sites (tertiary alicyclic amines) is 1. The van der Waals surface area contributed by atoms with Crippen molar-refractivity contribution in [1.29, 1.82) is 0 Å². The fourth-order valence-electron chi connectivity index (χ4n) is 6.26. The highest BCUT2D eigenvalue weighted by Gasteiger charge is 2.75. The van der Waals surface area contributed by atoms with Crippen LogP contribution in [0.2, 0.25) is 0 Å². The predicted octanol–water partition coefficient (Wildman–Crippen LogP) is 1.28. The van der Waals surface area contributed by atoms with Gasteiger partial charge in [0.15, 0.2) is 0 Å². The first kappa shape index (κ1) is 25.3. The normalized spacial score (nSPS) is 29.6. The Labute approximate surface area is 231 Å². The van der Waals surface area contributed by atoms with Gasteiger partial charge < -0.3 is 20.6 Å². The van der Waals surface area contributed by atoms with Gasteiger partial charge in [0.25, 0.3) is 0 Å². The minimum atomic E-state index is -0.816. The number of amides is 3. The Kier molecular flexibility index (Phi) is 6.65. The van der Waals surface area contributed by atoms with E-state index in [-0.39, 0.29) is 47.6 Å². The van der Waals surface area contributed by atoms with Crippen LogP contribution in [-0.4, -0.2) is 76.7 Å². The Morgan fingerprint density at radius 3 is 2.66 bits per heavy atom. The topological polar surface area (TPSA) is 129 Å². The number of nitrogens with one attached hydrogen (secondary N) is 2. The Bertz CT molecular complexity index is 1390. The number of hydrogen-bond donors (Lipinski definition) is 3. The molecule has 2 aromatic carbocycles. The van der Waals surface area contributed by atoms with Gasteiger partial charge in [-0.15, -0.1) is 16.9 Å². The van der Waals surface area contributed by atoms with Gasteiger partial charge in [-0.1, -0.05) is 63.6 Å². The van der Waals surface area contributed by atoms with Crippen LogP contribution in [0, 0.1) is 11.8 Å². The average Bonchev–Trinajstić information content (AvgIpc) is 3.64. The molecule has 3 aliphatic heterocycles. The standard InChI is InChI=1S/C26H27BrN6O4S/c27-16-12-26-20(19(21(16)38-26)23(35)28-13-15-6-2-1-3-7-15)25(37)32(10-11-34)22(26)24(36)29-14-33-18-9-5-4-8-17(18)30-31-33/h1-9,16,19-22,34H,10-14H2,(H,28,35)(H,29,36)/t16?,19-,20-,21-,22?,26?/m0/s1. The molecule has 198 valence electrons. The van der Waals surface area contributed by atoms with Gasteiger partial charge in [-0.25, -0.2) is 4.68 Å². The zero-order chi connectivity index (χ0) is 26.4. The van der Waals surface area contributed by atoms with Crippen LogP contribution in [-0.2, 0) is 27.6 Å². The fourth-order valence-corrected chi connectivity index (χ4v) is 9.88. The number of aliphatic hydroxyl groups is 1. The van der Waals surface area contributed by atoms with Gasteiger partial charge in [-0.05, 0) is 24.1 Å². The van der Waals surface area contributed by atoms with Gasteiger partial charge in [0.05, 0.1) is 28.7 Å². The summed E-state index contributed by atoms with van der Waals surface area (Å²) in [4.78, 5) is 42.5. The lowest BCUT2D eigenvalue weighted by molar-refractivity contribution is -0.140. The van der Waals surface area contributed by atoms with E-state index in [4.69, 9.17) is 0 Å². The lowest BCUT2D eigenvalue weighted by atomic mass is 9.70. The molecule has 3 unspecified atom stereocenters. The summed E-state index contributed by atoms with van der Waals surface area (Å²) < 4.78 is 0.830. The molecule has 1 spiro atoms. The molecule has 3 aromatic rings. The number of para-hydroxylation sites is 1. The number of aliphatic hydroxyl groups excluding tert-OH is 1. The lowest BCUT2D eigenvalue weighted by Gasteiger charge is -2.35. The molecule has 3 amide bonds. The van der Waals surface area contributed by atoms with E-state index in [1.165, 1.54) is 4.90 Å². The number of rotatable bonds is 8. The molecule has 4 heterocycles. The van der Waals surface area contributed by atoms with E-state index in [2.05, 4.69) is 36.9 Å². The molecule has 3 fully saturated rings. The number of benzene rings is 2. The monoisotopic (exact) mass is 598 g/mol. The largest absolute Gasteiger partial charge is 0.395 e.